The second kappa shape index (κ2) is 6.68. The van der Waals surface area contributed by atoms with Crippen molar-refractivity contribution in [2.75, 3.05) is 0 Å². The van der Waals surface area contributed by atoms with Crippen LogP contribution in [0.25, 0.3) is 0 Å². The van der Waals surface area contributed by atoms with Gasteiger partial charge in [-0.05, 0) is 42.7 Å². The molecular weight excluding hydrogens is 298 g/mol. The van der Waals surface area contributed by atoms with Crippen LogP contribution in [0.4, 0.5) is 8.78 Å². The van der Waals surface area contributed by atoms with E-state index in [-0.39, 0.29) is 18.4 Å². The van der Waals surface area contributed by atoms with E-state index in [1.54, 1.807) is 24.3 Å². The summed E-state index contributed by atoms with van der Waals surface area (Å²) in [5, 5.41) is 9.81. The first kappa shape index (κ1) is 15.4. The van der Waals surface area contributed by atoms with Crippen LogP contribution in [0, 0.1) is 17.6 Å². The second-order valence-corrected chi connectivity index (χ2v) is 5.21. The van der Waals surface area contributed by atoms with Gasteiger partial charge in [0.2, 0.25) is 0 Å². The zero-order chi connectivity index (χ0) is 15.4. The van der Waals surface area contributed by atoms with Crippen molar-refractivity contribution < 1.29 is 18.7 Å². The Morgan fingerprint density at radius 2 is 1.62 bits per heavy atom. The maximum atomic E-state index is 13.6. The minimum absolute atomic E-state index is 0.181. The van der Waals surface area contributed by atoms with Gasteiger partial charge in [0, 0.05) is 10.6 Å². The fourth-order valence-electron chi connectivity index (χ4n) is 2.13. The third-order valence-electron chi connectivity index (χ3n) is 3.26. The van der Waals surface area contributed by atoms with E-state index in [1.165, 1.54) is 6.07 Å². The molecule has 5 heteroatoms. The van der Waals surface area contributed by atoms with Crippen molar-refractivity contribution in [1.29, 1.82) is 0 Å². The highest BCUT2D eigenvalue weighted by atomic mass is 35.5. The molecule has 0 saturated heterocycles. The minimum Gasteiger partial charge on any atom is -0.481 e. The predicted molar refractivity (Wildman–Crippen MR) is 76.3 cm³/mol. The molecule has 0 amide bonds. The minimum atomic E-state index is -1.09. The Kier molecular flexibility index (Phi) is 4.91. The first-order valence-corrected chi connectivity index (χ1v) is 6.75. The maximum absolute atomic E-state index is 13.6. The van der Waals surface area contributed by atoms with Crippen molar-refractivity contribution in [2.45, 2.75) is 12.8 Å². The molecule has 0 aliphatic heterocycles. The molecule has 110 valence electrons. The monoisotopic (exact) mass is 310 g/mol. The van der Waals surface area contributed by atoms with E-state index < -0.39 is 23.5 Å². The van der Waals surface area contributed by atoms with Crippen LogP contribution in [0.5, 0.6) is 0 Å². The number of benzene rings is 2. The predicted octanol–water partition coefficient (Wildman–Crippen LogP) is 4.10. The highest BCUT2D eigenvalue weighted by Crippen LogP contribution is 2.21. The summed E-state index contributed by atoms with van der Waals surface area (Å²) in [6, 6.07) is 10.2. The van der Waals surface area contributed by atoms with E-state index in [0.717, 1.165) is 17.7 Å². The van der Waals surface area contributed by atoms with Crippen LogP contribution in [0.3, 0.4) is 0 Å². The number of carbonyl (C=O) groups is 1. The standard InChI is InChI=1S/C16H13ClF2O2/c17-12-6-4-10(5-7-12)8-11(16(20)21)9-13-14(18)2-1-3-15(13)19/h1-7,11H,8-9H2,(H,20,21). The molecule has 0 aliphatic carbocycles. The number of hydrogen-bond donors (Lipinski definition) is 1. The van der Waals surface area contributed by atoms with Crippen LogP contribution in [0.2, 0.25) is 5.02 Å². The van der Waals surface area contributed by atoms with Crippen LogP contribution in [-0.2, 0) is 17.6 Å². The van der Waals surface area contributed by atoms with Gasteiger partial charge >= 0.3 is 5.97 Å². The van der Waals surface area contributed by atoms with Crippen molar-refractivity contribution >= 4 is 17.6 Å². The molecule has 2 aromatic carbocycles. The van der Waals surface area contributed by atoms with E-state index in [0.29, 0.717) is 5.02 Å². The Morgan fingerprint density at radius 3 is 2.14 bits per heavy atom. The summed E-state index contributed by atoms with van der Waals surface area (Å²) in [6.45, 7) is 0. The number of halogens is 3. The topological polar surface area (TPSA) is 37.3 Å². The molecule has 1 N–H and O–H groups in total. The SMILES string of the molecule is O=C(O)C(Cc1ccc(Cl)cc1)Cc1c(F)cccc1F. The van der Waals surface area contributed by atoms with E-state index >= 15 is 0 Å². The lowest BCUT2D eigenvalue weighted by molar-refractivity contribution is -0.141. The zero-order valence-corrected chi connectivity index (χ0v) is 11.8. The third kappa shape index (κ3) is 4.02. The van der Waals surface area contributed by atoms with Crippen molar-refractivity contribution in [3.8, 4) is 0 Å². The van der Waals surface area contributed by atoms with Crippen LogP contribution in [-0.4, -0.2) is 11.1 Å². The lowest BCUT2D eigenvalue weighted by Crippen LogP contribution is -2.20. The van der Waals surface area contributed by atoms with Gasteiger partial charge in [0.05, 0.1) is 5.92 Å². The van der Waals surface area contributed by atoms with Crippen molar-refractivity contribution in [3.63, 3.8) is 0 Å². The van der Waals surface area contributed by atoms with Crippen molar-refractivity contribution in [2.24, 2.45) is 5.92 Å². The average Bonchev–Trinajstić information content (AvgIpc) is 2.43. The third-order valence-corrected chi connectivity index (χ3v) is 3.51. The van der Waals surface area contributed by atoms with Gasteiger partial charge in [0.1, 0.15) is 11.6 Å². The van der Waals surface area contributed by atoms with Gasteiger partial charge in [-0.3, -0.25) is 4.79 Å². The molecule has 1 atom stereocenters. The molecule has 0 spiro atoms. The van der Waals surface area contributed by atoms with Gasteiger partial charge in [-0.2, -0.15) is 0 Å². The van der Waals surface area contributed by atoms with Gasteiger partial charge in [-0.15, -0.1) is 0 Å². The summed E-state index contributed by atoms with van der Waals surface area (Å²) in [5.74, 6) is -3.44. The highest BCUT2D eigenvalue weighted by Gasteiger charge is 2.22. The van der Waals surface area contributed by atoms with Crippen LogP contribution in [0.1, 0.15) is 11.1 Å². The van der Waals surface area contributed by atoms with E-state index in [9.17, 15) is 18.7 Å². The number of carboxylic acids is 1. The molecule has 0 saturated carbocycles. The van der Waals surface area contributed by atoms with Crippen LogP contribution < -0.4 is 0 Å². The van der Waals surface area contributed by atoms with Gasteiger partial charge in [0.15, 0.2) is 0 Å². The number of hydrogen-bond acceptors (Lipinski definition) is 1. The fourth-order valence-corrected chi connectivity index (χ4v) is 2.25. The Bertz CT molecular complexity index is 621. The molecule has 0 aliphatic rings. The second-order valence-electron chi connectivity index (χ2n) is 4.77. The van der Waals surface area contributed by atoms with Crippen LogP contribution >= 0.6 is 11.6 Å². The molecule has 21 heavy (non-hydrogen) atoms. The first-order valence-electron chi connectivity index (χ1n) is 6.37. The molecule has 0 radical (unpaired) electrons. The van der Waals surface area contributed by atoms with E-state index in [4.69, 9.17) is 11.6 Å². The van der Waals surface area contributed by atoms with E-state index in [2.05, 4.69) is 0 Å². The first-order chi connectivity index (χ1) is 9.97. The number of aliphatic carboxylic acids is 1. The van der Waals surface area contributed by atoms with Gasteiger partial charge in [-0.1, -0.05) is 29.8 Å². The van der Waals surface area contributed by atoms with Gasteiger partial charge < -0.3 is 5.11 Å². The summed E-state index contributed by atoms with van der Waals surface area (Å²) in [4.78, 5) is 11.3. The largest absolute Gasteiger partial charge is 0.481 e. The fraction of sp³-hybridized carbons (Fsp3) is 0.188. The quantitative estimate of drug-likeness (QED) is 0.902. The summed E-state index contributed by atoms with van der Waals surface area (Å²) in [7, 11) is 0. The summed E-state index contributed by atoms with van der Waals surface area (Å²) < 4.78 is 27.2. The zero-order valence-electron chi connectivity index (χ0n) is 11.0. The maximum Gasteiger partial charge on any atom is 0.307 e. The average molecular weight is 311 g/mol. The summed E-state index contributed by atoms with van der Waals surface area (Å²) in [6.07, 6.45) is -0.0171. The lowest BCUT2D eigenvalue weighted by atomic mass is 9.92. The molecule has 0 heterocycles. The molecular formula is C16H13ClF2O2. The molecule has 0 bridgehead atoms. The van der Waals surface area contributed by atoms with Crippen LogP contribution in [0.15, 0.2) is 42.5 Å². The summed E-state index contributed by atoms with van der Waals surface area (Å²) in [5.41, 5.74) is 0.558. The van der Waals surface area contributed by atoms with Crippen molar-refractivity contribution in [1.82, 2.24) is 0 Å². The van der Waals surface area contributed by atoms with Crippen molar-refractivity contribution in [3.05, 3.63) is 70.2 Å². The van der Waals surface area contributed by atoms with Gasteiger partial charge in [-0.25, -0.2) is 8.78 Å². The molecule has 0 aromatic heterocycles. The smallest absolute Gasteiger partial charge is 0.307 e. The molecule has 2 rings (SSSR count). The Balaban J connectivity index is 2.20. The highest BCUT2D eigenvalue weighted by molar-refractivity contribution is 6.30. The number of carboxylic acid groups (broad SMARTS) is 1. The van der Waals surface area contributed by atoms with Gasteiger partial charge in [0.25, 0.3) is 0 Å². The van der Waals surface area contributed by atoms with E-state index in [1.807, 2.05) is 0 Å². The summed E-state index contributed by atoms with van der Waals surface area (Å²) >= 11 is 5.77. The molecule has 0 fully saturated rings. The molecule has 2 nitrogen and oxygen atoms in total. The molecule has 1 unspecified atom stereocenters. The Labute approximate surface area is 126 Å². The Hall–Kier alpha value is -1.94. The molecule has 2 aromatic rings. The lowest BCUT2D eigenvalue weighted by Gasteiger charge is -2.13. The normalized spacial score (nSPS) is 12.1. The Morgan fingerprint density at radius 1 is 1.05 bits per heavy atom. The number of rotatable bonds is 5.